The number of hydrogen-bond donors (Lipinski definition) is 2. The third-order valence-corrected chi connectivity index (χ3v) is 3.57. The first kappa shape index (κ1) is 19.6. The summed E-state index contributed by atoms with van der Waals surface area (Å²) in [6.45, 7) is 11.3. The lowest BCUT2D eigenvalue weighted by atomic mass is 9.96. The molecule has 0 spiro atoms. The van der Waals surface area contributed by atoms with Gasteiger partial charge in [0.15, 0.2) is 0 Å². The fraction of sp³-hybridized carbons (Fsp3) is 0.929. The number of carbonyl (C=O) groups is 1. The number of carbonyl (C=O) groups excluding carboxylic acids is 1. The molecule has 0 aliphatic carbocycles. The van der Waals surface area contributed by atoms with Gasteiger partial charge in [-0.3, -0.25) is 9.69 Å². The van der Waals surface area contributed by atoms with E-state index in [1.54, 1.807) is 6.92 Å². The SMILES string of the molecule is CCCC(C)(N)C(=O)NCC(C)CN1CCOCC1.Cl. The Hall–Kier alpha value is -0.360. The van der Waals surface area contributed by atoms with Crippen molar-refractivity contribution in [3.8, 4) is 0 Å². The summed E-state index contributed by atoms with van der Waals surface area (Å²) < 4.78 is 5.32. The summed E-state index contributed by atoms with van der Waals surface area (Å²) in [6.07, 6.45) is 1.64. The minimum atomic E-state index is -0.743. The standard InChI is InChI=1S/C14H29N3O2.ClH/c1-4-5-14(3,15)13(18)16-10-12(2)11-17-6-8-19-9-7-17;/h12H,4-11,15H2,1-3H3,(H,16,18);1H. The van der Waals surface area contributed by atoms with E-state index in [0.29, 0.717) is 12.5 Å². The van der Waals surface area contributed by atoms with Crippen molar-refractivity contribution in [2.24, 2.45) is 11.7 Å². The number of hydrogen-bond acceptors (Lipinski definition) is 4. The van der Waals surface area contributed by atoms with Crippen LogP contribution < -0.4 is 11.1 Å². The van der Waals surface area contributed by atoms with E-state index in [9.17, 15) is 4.79 Å². The molecule has 1 fully saturated rings. The lowest BCUT2D eigenvalue weighted by Crippen LogP contribution is -2.52. The fourth-order valence-corrected chi connectivity index (χ4v) is 2.39. The highest BCUT2D eigenvalue weighted by Crippen LogP contribution is 2.09. The number of nitrogens with two attached hydrogens (primary N) is 1. The molecule has 1 aliphatic heterocycles. The largest absolute Gasteiger partial charge is 0.379 e. The minimum Gasteiger partial charge on any atom is -0.379 e. The Balaban J connectivity index is 0.00000361. The van der Waals surface area contributed by atoms with Gasteiger partial charge in [-0.2, -0.15) is 0 Å². The van der Waals surface area contributed by atoms with Gasteiger partial charge >= 0.3 is 0 Å². The molecule has 0 aromatic rings. The van der Waals surface area contributed by atoms with Gasteiger partial charge in [-0.25, -0.2) is 0 Å². The first-order valence-corrected chi connectivity index (χ1v) is 7.33. The van der Waals surface area contributed by atoms with E-state index in [1.165, 1.54) is 0 Å². The molecule has 120 valence electrons. The summed E-state index contributed by atoms with van der Waals surface area (Å²) in [5.74, 6) is 0.391. The monoisotopic (exact) mass is 307 g/mol. The van der Waals surface area contributed by atoms with Crippen LogP contribution in [0.1, 0.15) is 33.6 Å². The van der Waals surface area contributed by atoms with Crippen LogP contribution in [-0.2, 0) is 9.53 Å². The summed E-state index contributed by atoms with van der Waals surface area (Å²) >= 11 is 0. The quantitative estimate of drug-likeness (QED) is 0.736. The van der Waals surface area contributed by atoms with Gasteiger partial charge in [-0.15, -0.1) is 12.4 Å². The van der Waals surface area contributed by atoms with E-state index >= 15 is 0 Å². The minimum absolute atomic E-state index is 0. The van der Waals surface area contributed by atoms with Crippen molar-refractivity contribution < 1.29 is 9.53 Å². The maximum atomic E-state index is 12.0. The van der Waals surface area contributed by atoms with Crippen molar-refractivity contribution in [3.05, 3.63) is 0 Å². The van der Waals surface area contributed by atoms with E-state index in [2.05, 4.69) is 17.1 Å². The summed E-state index contributed by atoms with van der Waals surface area (Å²) in [7, 11) is 0. The molecule has 0 bridgehead atoms. The third-order valence-electron chi connectivity index (χ3n) is 3.57. The van der Waals surface area contributed by atoms with Gasteiger partial charge in [0.1, 0.15) is 0 Å². The highest BCUT2D eigenvalue weighted by molar-refractivity contribution is 5.85. The molecule has 0 radical (unpaired) electrons. The Bertz CT molecular complexity index is 282. The molecule has 0 aromatic heterocycles. The Morgan fingerprint density at radius 3 is 2.60 bits per heavy atom. The van der Waals surface area contributed by atoms with E-state index in [4.69, 9.17) is 10.5 Å². The predicted molar refractivity (Wildman–Crippen MR) is 84.2 cm³/mol. The molecule has 2 unspecified atom stereocenters. The Morgan fingerprint density at radius 1 is 1.45 bits per heavy atom. The van der Waals surface area contributed by atoms with Crippen LogP contribution in [-0.4, -0.2) is 55.7 Å². The number of ether oxygens (including phenoxy) is 1. The molecule has 1 saturated heterocycles. The number of nitrogens with zero attached hydrogens (tertiary/aromatic N) is 1. The topological polar surface area (TPSA) is 67.6 Å². The van der Waals surface area contributed by atoms with Crippen molar-refractivity contribution >= 4 is 18.3 Å². The molecule has 1 rings (SSSR count). The van der Waals surface area contributed by atoms with E-state index in [-0.39, 0.29) is 18.3 Å². The Labute approximate surface area is 129 Å². The number of amides is 1. The van der Waals surface area contributed by atoms with Crippen LogP contribution in [0.4, 0.5) is 0 Å². The van der Waals surface area contributed by atoms with Crippen LogP contribution in [0.25, 0.3) is 0 Å². The highest BCUT2D eigenvalue weighted by atomic mass is 35.5. The molecule has 1 aliphatic rings. The fourth-order valence-electron chi connectivity index (χ4n) is 2.39. The van der Waals surface area contributed by atoms with E-state index in [0.717, 1.165) is 45.7 Å². The van der Waals surface area contributed by atoms with Crippen molar-refractivity contribution in [1.29, 1.82) is 0 Å². The van der Waals surface area contributed by atoms with Gasteiger partial charge in [0.2, 0.25) is 5.91 Å². The van der Waals surface area contributed by atoms with Crippen LogP contribution in [0.15, 0.2) is 0 Å². The summed E-state index contributed by atoms with van der Waals surface area (Å²) in [6, 6.07) is 0. The molecule has 3 N–H and O–H groups in total. The second kappa shape index (κ2) is 9.55. The molecule has 6 heteroatoms. The van der Waals surface area contributed by atoms with Gasteiger partial charge in [-0.05, 0) is 19.3 Å². The first-order valence-electron chi connectivity index (χ1n) is 7.33. The molecule has 1 amide bonds. The van der Waals surface area contributed by atoms with Crippen molar-refractivity contribution in [2.45, 2.75) is 39.2 Å². The molecular formula is C14H30ClN3O2. The normalized spacial score (nSPS) is 20.6. The lowest BCUT2D eigenvalue weighted by molar-refractivity contribution is -0.126. The maximum Gasteiger partial charge on any atom is 0.239 e. The lowest BCUT2D eigenvalue weighted by Gasteiger charge is -2.30. The van der Waals surface area contributed by atoms with Crippen LogP contribution in [0.2, 0.25) is 0 Å². The molecule has 0 saturated carbocycles. The number of rotatable bonds is 7. The Kier molecular flexibility index (Phi) is 9.38. The Morgan fingerprint density at radius 2 is 2.05 bits per heavy atom. The zero-order valence-electron chi connectivity index (χ0n) is 13.0. The molecule has 2 atom stereocenters. The van der Waals surface area contributed by atoms with Crippen LogP contribution in [0, 0.1) is 5.92 Å². The van der Waals surface area contributed by atoms with Gasteiger partial charge in [0.25, 0.3) is 0 Å². The molecule has 5 nitrogen and oxygen atoms in total. The van der Waals surface area contributed by atoms with Gasteiger partial charge in [-0.1, -0.05) is 20.3 Å². The number of nitrogens with one attached hydrogen (secondary N) is 1. The maximum absolute atomic E-state index is 12.0. The van der Waals surface area contributed by atoms with E-state index in [1.807, 2.05) is 6.92 Å². The number of morpholine rings is 1. The smallest absolute Gasteiger partial charge is 0.239 e. The summed E-state index contributed by atoms with van der Waals surface area (Å²) in [5.41, 5.74) is 5.26. The average Bonchev–Trinajstić information content (AvgIpc) is 2.37. The molecular weight excluding hydrogens is 278 g/mol. The van der Waals surface area contributed by atoms with Crippen LogP contribution in [0.5, 0.6) is 0 Å². The van der Waals surface area contributed by atoms with Crippen molar-refractivity contribution in [3.63, 3.8) is 0 Å². The van der Waals surface area contributed by atoms with E-state index < -0.39 is 5.54 Å². The zero-order chi connectivity index (χ0) is 14.3. The zero-order valence-corrected chi connectivity index (χ0v) is 13.8. The second-order valence-electron chi connectivity index (χ2n) is 5.90. The van der Waals surface area contributed by atoms with Crippen LogP contribution in [0.3, 0.4) is 0 Å². The third kappa shape index (κ3) is 6.88. The van der Waals surface area contributed by atoms with Crippen molar-refractivity contribution in [1.82, 2.24) is 10.2 Å². The molecule has 1 heterocycles. The predicted octanol–water partition coefficient (Wildman–Crippen LogP) is 1.01. The summed E-state index contributed by atoms with van der Waals surface area (Å²) in [4.78, 5) is 14.4. The second-order valence-corrected chi connectivity index (χ2v) is 5.90. The van der Waals surface area contributed by atoms with Crippen molar-refractivity contribution in [2.75, 3.05) is 39.4 Å². The highest BCUT2D eigenvalue weighted by Gasteiger charge is 2.27. The van der Waals surface area contributed by atoms with Gasteiger partial charge < -0.3 is 15.8 Å². The van der Waals surface area contributed by atoms with Crippen LogP contribution >= 0.6 is 12.4 Å². The first-order chi connectivity index (χ1) is 8.95. The summed E-state index contributed by atoms with van der Waals surface area (Å²) in [5, 5.41) is 2.98. The van der Waals surface area contributed by atoms with Gasteiger partial charge in [0, 0.05) is 26.2 Å². The molecule has 0 aromatic carbocycles. The molecule has 20 heavy (non-hydrogen) atoms. The number of halogens is 1. The average molecular weight is 308 g/mol. The van der Waals surface area contributed by atoms with Gasteiger partial charge in [0.05, 0.1) is 18.8 Å².